The fourth-order valence-corrected chi connectivity index (χ4v) is 3.09. The van der Waals surface area contributed by atoms with Crippen molar-refractivity contribution >= 4 is 11.9 Å². The van der Waals surface area contributed by atoms with Gasteiger partial charge in [0.2, 0.25) is 5.91 Å². The van der Waals surface area contributed by atoms with Crippen LogP contribution in [0.2, 0.25) is 0 Å². The second-order valence-electron chi connectivity index (χ2n) is 7.89. The van der Waals surface area contributed by atoms with Crippen molar-refractivity contribution in [3.63, 3.8) is 0 Å². The maximum Gasteiger partial charge on any atom is 0.303 e. The molecular weight excluding hydrogens is 370 g/mol. The molecule has 0 aromatic heterocycles. The zero-order valence-electron chi connectivity index (χ0n) is 17.4. The average molecular weight is 399 g/mol. The number of hydrogen-bond acceptors (Lipinski definition) is 4. The van der Waals surface area contributed by atoms with Gasteiger partial charge in [-0.25, -0.2) is 0 Å². The van der Waals surface area contributed by atoms with Crippen molar-refractivity contribution in [1.82, 2.24) is 5.32 Å². The molecule has 0 aliphatic carbocycles. The number of benzene rings is 2. The average Bonchev–Trinajstić information content (AvgIpc) is 2.65. The zero-order chi connectivity index (χ0) is 21.4. The molecule has 2 aromatic rings. The van der Waals surface area contributed by atoms with Crippen molar-refractivity contribution in [2.24, 2.45) is 5.41 Å². The van der Waals surface area contributed by atoms with Gasteiger partial charge in [-0.15, -0.1) is 0 Å². The summed E-state index contributed by atoms with van der Waals surface area (Å²) in [6.45, 7) is 5.85. The summed E-state index contributed by atoms with van der Waals surface area (Å²) in [7, 11) is 1.58. The Kier molecular flexibility index (Phi) is 7.65. The molecule has 0 bridgehead atoms. The Labute approximate surface area is 171 Å². The number of rotatable bonds is 10. The van der Waals surface area contributed by atoms with Crippen molar-refractivity contribution in [3.8, 4) is 11.5 Å². The molecule has 2 N–H and O–H groups in total. The second kappa shape index (κ2) is 9.96. The van der Waals surface area contributed by atoms with Crippen molar-refractivity contribution < 1.29 is 24.2 Å². The number of hydrogen-bond donors (Lipinski definition) is 2. The highest BCUT2D eigenvalue weighted by atomic mass is 16.5. The first kappa shape index (κ1) is 22.3. The van der Waals surface area contributed by atoms with Crippen LogP contribution in [0.25, 0.3) is 0 Å². The molecule has 0 aliphatic heterocycles. The standard InChI is InChI=1S/C23H29NO5/c1-16(24-21(25)13-23(2,3)14-22(26)27)18-10-11-19(20(12-18)28-4)29-15-17-8-6-5-7-9-17/h5-12,16H,13-15H2,1-4H3,(H,24,25)(H,26,27). The van der Waals surface area contributed by atoms with E-state index >= 15 is 0 Å². The third kappa shape index (κ3) is 7.14. The smallest absolute Gasteiger partial charge is 0.303 e. The molecule has 2 rings (SSSR count). The highest BCUT2D eigenvalue weighted by molar-refractivity contribution is 5.78. The highest BCUT2D eigenvalue weighted by Gasteiger charge is 2.26. The molecule has 0 saturated carbocycles. The van der Waals surface area contributed by atoms with Crippen LogP contribution in [-0.4, -0.2) is 24.1 Å². The van der Waals surface area contributed by atoms with Gasteiger partial charge in [-0.3, -0.25) is 9.59 Å². The minimum Gasteiger partial charge on any atom is -0.493 e. The summed E-state index contributed by atoms with van der Waals surface area (Å²) in [5.41, 5.74) is 1.32. The van der Waals surface area contributed by atoms with Gasteiger partial charge in [0.1, 0.15) is 6.61 Å². The van der Waals surface area contributed by atoms with E-state index in [-0.39, 0.29) is 24.8 Å². The Balaban J connectivity index is 2.00. The van der Waals surface area contributed by atoms with Crippen LogP contribution in [0.5, 0.6) is 11.5 Å². The molecule has 0 radical (unpaired) electrons. The lowest BCUT2D eigenvalue weighted by Gasteiger charge is -2.23. The molecule has 2 aromatic carbocycles. The predicted octanol–water partition coefficient (Wildman–Crippen LogP) is 4.34. The van der Waals surface area contributed by atoms with E-state index in [9.17, 15) is 9.59 Å². The van der Waals surface area contributed by atoms with Gasteiger partial charge in [0.15, 0.2) is 11.5 Å². The normalized spacial score (nSPS) is 12.1. The third-order valence-electron chi connectivity index (χ3n) is 4.57. The highest BCUT2D eigenvalue weighted by Crippen LogP contribution is 2.31. The first-order valence-corrected chi connectivity index (χ1v) is 9.56. The molecule has 0 saturated heterocycles. The van der Waals surface area contributed by atoms with E-state index in [1.807, 2.05) is 55.5 Å². The van der Waals surface area contributed by atoms with Crippen LogP contribution >= 0.6 is 0 Å². The first-order chi connectivity index (χ1) is 13.7. The number of methoxy groups -OCH3 is 1. The van der Waals surface area contributed by atoms with E-state index in [1.165, 1.54) is 0 Å². The Morgan fingerprint density at radius 3 is 2.38 bits per heavy atom. The fourth-order valence-electron chi connectivity index (χ4n) is 3.09. The van der Waals surface area contributed by atoms with Crippen molar-refractivity contribution in [2.45, 2.75) is 46.3 Å². The largest absolute Gasteiger partial charge is 0.493 e. The van der Waals surface area contributed by atoms with Crippen molar-refractivity contribution in [2.75, 3.05) is 7.11 Å². The molecule has 0 fully saturated rings. The van der Waals surface area contributed by atoms with E-state index in [2.05, 4.69) is 5.32 Å². The number of carboxylic acids is 1. The lowest BCUT2D eigenvalue weighted by molar-refractivity contribution is -0.139. The van der Waals surface area contributed by atoms with Crippen LogP contribution in [-0.2, 0) is 16.2 Å². The number of carbonyl (C=O) groups excluding carboxylic acids is 1. The van der Waals surface area contributed by atoms with E-state index < -0.39 is 11.4 Å². The van der Waals surface area contributed by atoms with E-state index in [1.54, 1.807) is 21.0 Å². The molecule has 1 atom stereocenters. The number of amides is 1. The number of carboxylic acid groups (broad SMARTS) is 1. The minimum absolute atomic E-state index is 0.0595. The molecule has 1 amide bonds. The van der Waals surface area contributed by atoms with Crippen LogP contribution in [0.1, 0.15) is 50.8 Å². The van der Waals surface area contributed by atoms with Gasteiger partial charge in [0, 0.05) is 6.42 Å². The zero-order valence-corrected chi connectivity index (χ0v) is 17.4. The van der Waals surface area contributed by atoms with E-state index in [4.69, 9.17) is 14.6 Å². The molecular formula is C23H29NO5. The monoisotopic (exact) mass is 399 g/mol. The maximum atomic E-state index is 12.3. The van der Waals surface area contributed by atoms with Gasteiger partial charge in [-0.05, 0) is 35.6 Å². The predicted molar refractivity (Wildman–Crippen MR) is 111 cm³/mol. The summed E-state index contributed by atoms with van der Waals surface area (Å²) >= 11 is 0. The van der Waals surface area contributed by atoms with Gasteiger partial charge >= 0.3 is 5.97 Å². The Bertz CT molecular complexity index is 832. The first-order valence-electron chi connectivity index (χ1n) is 9.56. The molecule has 0 aliphatic rings. The summed E-state index contributed by atoms with van der Waals surface area (Å²) in [5.74, 6) is 0.116. The molecule has 156 valence electrons. The lowest BCUT2D eigenvalue weighted by atomic mass is 9.85. The van der Waals surface area contributed by atoms with Crippen molar-refractivity contribution in [1.29, 1.82) is 0 Å². The summed E-state index contributed by atoms with van der Waals surface area (Å²) in [6, 6.07) is 15.2. The number of ether oxygens (including phenoxy) is 2. The molecule has 0 heterocycles. The second-order valence-corrected chi connectivity index (χ2v) is 7.89. The van der Waals surface area contributed by atoms with Crippen LogP contribution in [0, 0.1) is 5.41 Å². The number of aliphatic carboxylic acids is 1. The summed E-state index contributed by atoms with van der Waals surface area (Å²) in [4.78, 5) is 23.3. The Morgan fingerprint density at radius 1 is 1.07 bits per heavy atom. The summed E-state index contributed by atoms with van der Waals surface area (Å²) < 4.78 is 11.3. The summed E-state index contributed by atoms with van der Waals surface area (Å²) in [5, 5.41) is 11.9. The van der Waals surface area contributed by atoms with Gasteiger partial charge in [-0.1, -0.05) is 50.2 Å². The number of nitrogens with one attached hydrogen (secondary N) is 1. The van der Waals surface area contributed by atoms with Crippen molar-refractivity contribution in [3.05, 3.63) is 59.7 Å². The van der Waals surface area contributed by atoms with E-state index in [0.717, 1.165) is 11.1 Å². The quantitative estimate of drug-likeness (QED) is 0.621. The van der Waals surface area contributed by atoms with Crippen LogP contribution in [0.15, 0.2) is 48.5 Å². The fraction of sp³-hybridized carbons (Fsp3) is 0.391. The van der Waals surface area contributed by atoms with Gasteiger partial charge < -0.3 is 19.9 Å². The van der Waals surface area contributed by atoms with Crippen LogP contribution in [0.3, 0.4) is 0 Å². The molecule has 6 heteroatoms. The van der Waals surface area contributed by atoms with Crippen LogP contribution < -0.4 is 14.8 Å². The minimum atomic E-state index is -0.910. The number of carbonyl (C=O) groups is 2. The van der Waals surface area contributed by atoms with Crippen LogP contribution in [0.4, 0.5) is 0 Å². The molecule has 1 unspecified atom stereocenters. The van der Waals surface area contributed by atoms with Gasteiger partial charge in [-0.2, -0.15) is 0 Å². The molecule has 0 spiro atoms. The SMILES string of the molecule is COc1cc(C(C)NC(=O)CC(C)(C)CC(=O)O)ccc1OCc1ccccc1. The van der Waals surface area contributed by atoms with Gasteiger partial charge in [0.25, 0.3) is 0 Å². The topological polar surface area (TPSA) is 84.9 Å². The Morgan fingerprint density at radius 2 is 1.76 bits per heavy atom. The summed E-state index contributed by atoms with van der Waals surface area (Å²) in [6.07, 6.45) is 0.0785. The van der Waals surface area contributed by atoms with Gasteiger partial charge in [0.05, 0.1) is 19.6 Å². The lowest BCUT2D eigenvalue weighted by Crippen LogP contribution is -2.31. The molecule has 6 nitrogen and oxygen atoms in total. The maximum absolute atomic E-state index is 12.3. The molecule has 29 heavy (non-hydrogen) atoms. The van der Waals surface area contributed by atoms with E-state index in [0.29, 0.717) is 18.1 Å². The Hall–Kier alpha value is -3.02. The third-order valence-corrected chi connectivity index (χ3v) is 4.57.